The number of hydrogen-bond acceptors (Lipinski definition) is 4. The number of fused-ring (bicyclic) bond motifs is 2. The van der Waals surface area contributed by atoms with Crippen LogP contribution in [0.2, 0.25) is 0 Å². The molecule has 32 heavy (non-hydrogen) atoms. The maximum atomic E-state index is 4.89. The van der Waals surface area contributed by atoms with E-state index in [-0.39, 0.29) is 12.1 Å². The summed E-state index contributed by atoms with van der Waals surface area (Å²) < 4.78 is 0. The van der Waals surface area contributed by atoms with Crippen LogP contribution < -0.4 is 0 Å². The van der Waals surface area contributed by atoms with Crippen molar-refractivity contribution in [3.05, 3.63) is 48.5 Å². The molecule has 0 aliphatic rings. The van der Waals surface area contributed by atoms with Crippen LogP contribution in [0.4, 0.5) is 0 Å². The Morgan fingerprint density at radius 1 is 0.531 bits per heavy atom. The predicted octanol–water partition coefficient (Wildman–Crippen LogP) is 6.90. The third kappa shape index (κ3) is 5.34. The van der Waals surface area contributed by atoms with Gasteiger partial charge in [-0.15, -0.1) is 0 Å². The van der Waals surface area contributed by atoms with Crippen molar-refractivity contribution < 1.29 is 0 Å². The normalized spacial score (nSPS) is 13.7. The van der Waals surface area contributed by atoms with Gasteiger partial charge in [0.05, 0.1) is 12.1 Å². The summed E-state index contributed by atoms with van der Waals surface area (Å²) in [5, 5.41) is 19.6. The first-order valence-corrected chi connectivity index (χ1v) is 12.4. The molecule has 4 aromatic rings. The zero-order valence-electron chi connectivity index (χ0n) is 19.5. The fourth-order valence-corrected chi connectivity index (χ4v) is 4.53. The lowest BCUT2D eigenvalue weighted by Gasteiger charge is -2.26. The topological polar surface area (TPSA) is 61.4 Å². The van der Waals surface area contributed by atoms with Crippen molar-refractivity contribution >= 4 is 22.1 Å². The lowest BCUT2D eigenvalue weighted by atomic mass is 9.96. The van der Waals surface area contributed by atoms with Crippen molar-refractivity contribution in [2.24, 2.45) is 0 Å². The van der Waals surface area contributed by atoms with E-state index in [1.807, 2.05) is 58.1 Å². The van der Waals surface area contributed by atoms with Gasteiger partial charge in [-0.25, -0.2) is 0 Å². The summed E-state index contributed by atoms with van der Waals surface area (Å²) in [7, 11) is 0. The largest absolute Gasteiger partial charge is 0.178 e. The summed E-state index contributed by atoms with van der Waals surface area (Å²) in [5.41, 5.74) is 3.81. The highest BCUT2D eigenvalue weighted by Crippen LogP contribution is 2.33. The first-order chi connectivity index (χ1) is 15.8. The lowest BCUT2D eigenvalue weighted by Crippen LogP contribution is -2.27. The molecule has 0 saturated carbocycles. The summed E-state index contributed by atoms with van der Waals surface area (Å²) in [6.07, 6.45) is 11.9. The Morgan fingerprint density at radius 2 is 0.875 bits per heavy atom. The quantitative estimate of drug-likeness (QED) is 0.216. The third-order valence-electron chi connectivity index (χ3n) is 6.35. The van der Waals surface area contributed by atoms with Crippen LogP contribution in [0.25, 0.3) is 22.1 Å². The smallest absolute Gasteiger partial charge is 0.113 e. The minimum atomic E-state index is 0.141. The fraction of sp³-hybridized carbons (Fsp3) is 0.538. The van der Waals surface area contributed by atoms with Crippen molar-refractivity contribution in [3.63, 3.8) is 0 Å². The van der Waals surface area contributed by atoms with Gasteiger partial charge in [0.1, 0.15) is 22.1 Å². The lowest BCUT2D eigenvalue weighted by molar-refractivity contribution is 0.212. The standard InChI is InChI=1S/C26H36N6/c1-3-5-7-9-19-25(31-27-21-15-11-12-16-22(21)28-31)26(20-10-8-6-4-2)32-29-23-17-13-14-18-24(23)30-32/h11-18,25-26H,3-10,19-20H2,1-2H3/t25-,26-/m0/s1. The SMILES string of the molecule is CCCCCC[C@@H]([C@H](CCCCCC)n1nc2ccccc2n1)n1nc2ccccc2n1. The van der Waals surface area contributed by atoms with Crippen LogP contribution in [0.3, 0.4) is 0 Å². The second-order valence-electron chi connectivity index (χ2n) is 8.85. The van der Waals surface area contributed by atoms with Crippen LogP contribution in [-0.4, -0.2) is 30.0 Å². The number of aromatic nitrogens is 6. The van der Waals surface area contributed by atoms with Gasteiger partial charge >= 0.3 is 0 Å². The molecule has 170 valence electrons. The number of rotatable bonds is 13. The van der Waals surface area contributed by atoms with Crippen LogP contribution >= 0.6 is 0 Å². The summed E-state index contributed by atoms with van der Waals surface area (Å²) in [4.78, 5) is 3.93. The van der Waals surface area contributed by atoms with Gasteiger partial charge in [0, 0.05) is 0 Å². The molecule has 0 aliphatic heterocycles. The van der Waals surface area contributed by atoms with Gasteiger partial charge in [-0.2, -0.15) is 30.0 Å². The Morgan fingerprint density at radius 3 is 1.19 bits per heavy atom. The molecule has 4 rings (SSSR count). The molecule has 0 fully saturated rings. The highest BCUT2D eigenvalue weighted by Gasteiger charge is 2.28. The Bertz CT molecular complexity index is 944. The highest BCUT2D eigenvalue weighted by atomic mass is 15.5. The molecule has 0 bridgehead atoms. The molecule has 2 atom stereocenters. The van der Waals surface area contributed by atoms with Crippen LogP contribution in [0, 0.1) is 0 Å². The third-order valence-corrected chi connectivity index (χ3v) is 6.35. The molecule has 2 aromatic carbocycles. The van der Waals surface area contributed by atoms with Crippen molar-refractivity contribution in [1.29, 1.82) is 0 Å². The van der Waals surface area contributed by atoms with Gasteiger partial charge in [0.15, 0.2) is 0 Å². The van der Waals surface area contributed by atoms with Crippen LogP contribution in [0.1, 0.15) is 90.1 Å². The Labute approximate surface area is 191 Å². The number of unbranched alkanes of at least 4 members (excludes halogenated alkanes) is 6. The Kier molecular flexibility index (Phi) is 7.86. The average molecular weight is 433 g/mol. The van der Waals surface area contributed by atoms with E-state index in [4.69, 9.17) is 20.4 Å². The highest BCUT2D eigenvalue weighted by molar-refractivity contribution is 5.73. The Hall–Kier alpha value is -2.76. The van der Waals surface area contributed by atoms with Crippen molar-refractivity contribution in [2.45, 2.75) is 90.1 Å². The first kappa shape index (κ1) is 22.4. The van der Waals surface area contributed by atoms with Crippen LogP contribution in [0.15, 0.2) is 48.5 Å². The molecule has 2 heterocycles. The number of hydrogen-bond donors (Lipinski definition) is 0. The van der Waals surface area contributed by atoms with Crippen molar-refractivity contribution in [1.82, 2.24) is 30.0 Å². The molecule has 0 spiro atoms. The van der Waals surface area contributed by atoms with Gasteiger partial charge in [-0.1, -0.05) is 89.5 Å². The summed E-state index contributed by atoms with van der Waals surface area (Å²) in [6, 6.07) is 16.6. The average Bonchev–Trinajstić information content (AvgIpc) is 3.44. The van der Waals surface area contributed by atoms with Crippen LogP contribution in [0.5, 0.6) is 0 Å². The number of nitrogens with zero attached hydrogens (tertiary/aromatic N) is 6. The molecular weight excluding hydrogens is 396 g/mol. The maximum Gasteiger partial charge on any atom is 0.113 e. The molecule has 2 aromatic heterocycles. The molecule has 6 nitrogen and oxygen atoms in total. The molecule has 0 amide bonds. The molecule has 0 radical (unpaired) electrons. The molecule has 0 saturated heterocycles. The Balaban J connectivity index is 1.68. The van der Waals surface area contributed by atoms with Gasteiger partial charge < -0.3 is 0 Å². The zero-order chi connectivity index (χ0) is 22.2. The van der Waals surface area contributed by atoms with E-state index in [0.29, 0.717) is 0 Å². The number of benzene rings is 2. The fourth-order valence-electron chi connectivity index (χ4n) is 4.53. The first-order valence-electron chi connectivity index (χ1n) is 12.4. The second kappa shape index (κ2) is 11.2. The van der Waals surface area contributed by atoms with E-state index in [0.717, 1.165) is 34.9 Å². The molecule has 6 heteroatoms. The zero-order valence-corrected chi connectivity index (χ0v) is 19.5. The molecular formula is C26H36N6. The van der Waals surface area contributed by atoms with E-state index in [9.17, 15) is 0 Å². The maximum absolute atomic E-state index is 4.89. The van der Waals surface area contributed by atoms with E-state index >= 15 is 0 Å². The van der Waals surface area contributed by atoms with E-state index in [2.05, 4.69) is 13.8 Å². The van der Waals surface area contributed by atoms with E-state index in [1.54, 1.807) is 0 Å². The summed E-state index contributed by atoms with van der Waals surface area (Å²) in [6.45, 7) is 4.52. The van der Waals surface area contributed by atoms with E-state index in [1.165, 1.54) is 51.4 Å². The van der Waals surface area contributed by atoms with E-state index < -0.39 is 0 Å². The van der Waals surface area contributed by atoms with Crippen molar-refractivity contribution in [3.8, 4) is 0 Å². The minimum Gasteiger partial charge on any atom is -0.178 e. The molecule has 0 N–H and O–H groups in total. The van der Waals surface area contributed by atoms with Crippen LogP contribution in [-0.2, 0) is 0 Å². The summed E-state index contributed by atoms with van der Waals surface area (Å²) in [5.74, 6) is 0. The van der Waals surface area contributed by atoms with Gasteiger partial charge in [-0.05, 0) is 37.1 Å². The second-order valence-corrected chi connectivity index (χ2v) is 8.85. The van der Waals surface area contributed by atoms with Gasteiger partial charge in [0.2, 0.25) is 0 Å². The summed E-state index contributed by atoms with van der Waals surface area (Å²) >= 11 is 0. The van der Waals surface area contributed by atoms with Gasteiger partial charge in [-0.3, -0.25) is 0 Å². The monoisotopic (exact) mass is 432 g/mol. The van der Waals surface area contributed by atoms with Crippen molar-refractivity contribution in [2.75, 3.05) is 0 Å². The minimum absolute atomic E-state index is 0.141. The molecule has 0 unspecified atom stereocenters. The predicted molar refractivity (Wildman–Crippen MR) is 131 cm³/mol. The van der Waals surface area contributed by atoms with Gasteiger partial charge in [0.25, 0.3) is 0 Å². The molecule has 0 aliphatic carbocycles.